The van der Waals surface area contributed by atoms with Gasteiger partial charge in [-0.25, -0.2) is 4.98 Å². The molecule has 1 fully saturated rings. The maximum Gasteiger partial charge on any atom is 0.228 e. The average molecular weight is 269 g/mol. The number of thiazole rings is 1. The first-order chi connectivity index (χ1) is 9.28. The number of hydrogen-bond acceptors (Lipinski definition) is 4. The molecule has 0 unspecified atom stereocenters. The molecule has 4 nitrogen and oxygen atoms in total. The predicted octanol–water partition coefficient (Wildman–Crippen LogP) is 2.81. The highest BCUT2D eigenvalue weighted by atomic mass is 32.1. The van der Waals surface area contributed by atoms with Gasteiger partial charge in [0.25, 0.3) is 0 Å². The third kappa shape index (κ3) is 2.23. The van der Waals surface area contributed by atoms with Crippen molar-refractivity contribution in [2.24, 2.45) is 0 Å². The molecule has 2 aromatic rings. The van der Waals surface area contributed by atoms with Gasteiger partial charge in [-0.15, -0.1) is 11.3 Å². The molecule has 1 aromatic heterocycles. The fourth-order valence-corrected chi connectivity index (χ4v) is 2.96. The second kappa shape index (κ2) is 4.82. The van der Waals surface area contributed by atoms with Crippen molar-refractivity contribution in [2.45, 2.75) is 12.8 Å². The van der Waals surface area contributed by atoms with Crippen LogP contribution in [-0.2, 0) is 4.79 Å². The summed E-state index contributed by atoms with van der Waals surface area (Å²) in [5.74, 6) is 0.153. The first kappa shape index (κ1) is 11.9. The summed E-state index contributed by atoms with van der Waals surface area (Å²) in [6.07, 6.45) is 1.52. The molecule has 0 spiro atoms. The number of aromatic nitrogens is 1. The molecule has 94 valence electrons. The molecular formula is C14H11N3OS. The van der Waals surface area contributed by atoms with Crippen molar-refractivity contribution in [3.05, 3.63) is 35.2 Å². The van der Waals surface area contributed by atoms with Crippen LogP contribution < -0.4 is 4.90 Å². The molecule has 0 N–H and O–H groups in total. The monoisotopic (exact) mass is 269 g/mol. The molecule has 1 saturated heterocycles. The molecule has 1 aliphatic heterocycles. The van der Waals surface area contributed by atoms with Crippen LogP contribution in [0.5, 0.6) is 0 Å². The molecule has 0 atom stereocenters. The smallest absolute Gasteiger partial charge is 0.228 e. The summed E-state index contributed by atoms with van der Waals surface area (Å²) < 4.78 is 0. The van der Waals surface area contributed by atoms with Gasteiger partial charge in [0.1, 0.15) is 0 Å². The van der Waals surface area contributed by atoms with Crippen molar-refractivity contribution >= 4 is 22.4 Å². The van der Waals surface area contributed by atoms with E-state index in [9.17, 15) is 4.79 Å². The van der Waals surface area contributed by atoms with Gasteiger partial charge < -0.3 is 0 Å². The molecule has 0 aliphatic carbocycles. The summed E-state index contributed by atoms with van der Waals surface area (Å²) in [6.45, 7) is 0.763. The molecule has 0 radical (unpaired) electrons. The molecule has 5 heteroatoms. The third-order valence-corrected chi connectivity index (χ3v) is 3.97. The zero-order valence-electron chi connectivity index (χ0n) is 10.2. The number of hydrogen-bond donors (Lipinski definition) is 0. The fourth-order valence-electron chi connectivity index (χ4n) is 2.09. The molecule has 0 bridgehead atoms. The summed E-state index contributed by atoms with van der Waals surface area (Å²) in [6, 6.07) is 9.39. The lowest BCUT2D eigenvalue weighted by atomic mass is 10.1. The van der Waals surface area contributed by atoms with Crippen LogP contribution in [0.2, 0.25) is 0 Å². The van der Waals surface area contributed by atoms with E-state index >= 15 is 0 Å². The Hall–Kier alpha value is -2.19. The first-order valence-corrected chi connectivity index (χ1v) is 6.92. The predicted molar refractivity (Wildman–Crippen MR) is 73.9 cm³/mol. The number of anilines is 1. The lowest BCUT2D eigenvalue weighted by molar-refractivity contribution is -0.117. The van der Waals surface area contributed by atoms with Crippen LogP contribution in [0.1, 0.15) is 18.4 Å². The first-order valence-electron chi connectivity index (χ1n) is 6.04. The topological polar surface area (TPSA) is 57.0 Å². The summed E-state index contributed by atoms with van der Waals surface area (Å²) in [7, 11) is 0. The van der Waals surface area contributed by atoms with Gasteiger partial charge in [-0.1, -0.05) is 12.1 Å². The van der Waals surface area contributed by atoms with Crippen LogP contribution in [0, 0.1) is 11.3 Å². The number of carbonyl (C=O) groups is 1. The van der Waals surface area contributed by atoms with E-state index in [1.807, 2.05) is 17.5 Å². The number of amides is 1. The minimum atomic E-state index is 0.153. The molecule has 2 heterocycles. The van der Waals surface area contributed by atoms with Crippen molar-refractivity contribution < 1.29 is 4.79 Å². The molecule has 1 aromatic carbocycles. The third-order valence-electron chi connectivity index (χ3n) is 3.11. The second-order valence-corrected chi connectivity index (χ2v) is 5.19. The van der Waals surface area contributed by atoms with Crippen LogP contribution in [0.4, 0.5) is 5.13 Å². The van der Waals surface area contributed by atoms with Crippen molar-refractivity contribution in [1.82, 2.24) is 4.98 Å². The summed E-state index contributed by atoms with van der Waals surface area (Å²) in [5, 5.41) is 11.5. The number of nitriles is 1. The lowest BCUT2D eigenvalue weighted by Gasteiger charge is -2.10. The van der Waals surface area contributed by atoms with Crippen molar-refractivity contribution in [3.8, 4) is 17.3 Å². The Bertz CT molecular complexity index is 654. The Labute approximate surface area is 114 Å². The number of nitrogens with zero attached hydrogens (tertiary/aromatic N) is 3. The standard InChI is InChI=1S/C14H11N3OS/c15-8-10-3-5-11(6-4-10)12-9-19-14(16-12)17-7-1-2-13(17)18/h3-6,9H,1-2,7H2. The number of carbonyl (C=O) groups excluding carboxylic acids is 1. The highest BCUT2D eigenvalue weighted by Gasteiger charge is 2.24. The largest absolute Gasteiger partial charge is 0.288 e. The highest BCUT2D eigenvalue weighted by molar-refractivity contribution is 7.14. The van der Waals surface area contributed by atoms with E-state index in [1.54, 1.807) is 17.0 Å². The fraction of sp³-hybridized carbons (Fsp3) is 0.214. The van der Waals surface area contributed by atoms with E-state index in [1.165, 1.54) is 11.3 Å². The minimum absolute atomic E-state index is 0.153. The normalized spacial score (nSPS) is 14.7. The van der Waals surface area contributed by atoms with Crippen LogP contribution in [0.3, 0.4) is 0 Å². The lowest BCUT2D eigenvalue weighted by Crippen LogP contribution is -2.23. The summed E-state index contributed by atoms with van der Waals surface area (Å²) >= 11 is 1.48. The average Bonchev–Trinajstić information content (AvgIpc) is 3.07. The highest BCUT2D eigenvalue weighted by Crippen LogP contribution is 2.29. The molecule has 1 aliphatic rings. The van der Waals surface area contributed by atoms with Crippen molar-refractivity contribution in [1.29, 1.82) is 5.26 Å². The van der Waals surface area contributed by atoms with Crippen LogP contribution in [-0.4, -0.2) is 17.4 Å². The van der Waals surface area contributed by atoms with Gasteiger partial charge in [0.05, 0.1) is 17.3 Å². The SMILES string of the molecule is N#Cc1ccc(-c2csc(N3CCCC3=O)n2)cc1. The minimum Gasteiger partial charge on any atom is -0.288 e. The maximum atomic E-state index is 11.7. The van der Waals surface area contributed by atoms with E-state index in [0.717, 1.165) is 29.4 Å². The van der Waals surface area contributed by atoms with Crippen molar-refractivity contribution in [3.63, 3.8) is 0 Å². The molecule has 19 heavy (non-hydrogen) atoms. The van der Waals surface area contributed by atoms with Gasteiger partial charge in [0.15, 0.2) is 5.13 Å². The van der Waals surface area contributed by atoms with Gasteiger partial charge in [0, 0.05) is 23.9 Å². The number of benzene rings is 1. The van der Waals surface area contributed by atoms with Crippen molar-refractivity contribution in [2.75, 3.05) is 11.4 Å². The quantitative estimate of drug-likeness (QED) is 0.842. The Balaban J connectivity index is 1.88. The van der Waals surface area contributed by atoms with Crippen LogP contribution in [0.15, 0.2) is 29.6 Å². The van der Waals surface area contributed by atoms with Crippen LogP contribution >= 0.6 is 11.3 Å². The van der Waals surface area contributed by atoms with E-state index < -0.39 is 0 Å². The number of rotatable bonds is 2. The van der Waals surface area contributed by atoms with Gasteiger partial charge in [-0.2, -0.15) is 5.26 Å². The zero-order valence-corrected chi connectivity index (χ0v) is 11.0. The van der Waals surface area contributed by atoms with Gasteiger partial charge >= 0.3 is 0 Å². The molecule has 0 saturated carbocycles. The summed E-state index contributed by atoms with van der Waals surface area (Å²) in [5.41, 5.74) is 2.45. The van der Waals surface area contributed by atoms with Gasteiger partial charge in [0.2, 0.25) is 5.91 Å². The zero-order chi connectivity index (χ0) is 13.2. The van der Waals surface area contributed by atoms with E-state index in [2.05, 4.69) is 11.1 Å². The second-order valence-electron chi connectivity index (χ2n) is 4.35. The Morgan fingerprint density at radius 1 is 1.32 bits per heavy atom. The van der Waals surface area contributed by atoms with Gasteiger partial charge in [-0.3, -0.25) is 9.69 Å². The van der Waals surface area contributed by atoms with Crippen LogP contribution in [0.25, 0.3) is 11.3 Å². The Morgan fingerprint density at radius 2 is 2.11 bits per heavy atom. The molecule has 1 amide bonds. The Kier molecular flexibility index (Phi) is 3.02. The van der Waals surface area contributed by atoms with E-state index in [-0.39, 0.29) is 5.91 Å². The van der Waals surface area contributed by atoms with E-state index in [0.29, 0.717) is 12.0 Å². The Morgan fingerprint density at radius 3 is 2.74 bits per heavy atom. The van der Waals surface area contributed by atoms with Gasteiger partial charge in [-0.05, 0) is 18.6 Å². The molecule has 3 rings (SSSR count). The maximum absolute atomic E-state index is 11.7. The molecular weight excluding hydrogens is 258 g/mol. The van der Waals surface area contributed by atoms with E-state index in [4.69, 9.17) is 5.26 Å². The summed E-state index contributed by atoms with van der Waals surface area (Å²) in [4.78, 5) is 17.9.